The second kappa shape index (κ2) is 4.94. The van der Waals surface area contributed by atoms with Crippen LogP contribution >= 0.6 is 11.3 Å². The molecular formula is C13H15NO3S. The van der Waals surface area contributed by atoms with Crippen LogP contribution < -0.4 is 0 Å². The Kier molecular flexibility index (Phi) is 3.52. The first-order chi connectivity index (χ1) is 8.49. The van der Waals surface area contributed by atoms with Gasteiger partial charge in [0.2, 0.25) is 0 Å². The summed E-state index contributed by atoms with van der Waals surface area (Å²) in [4.78, 5) is 16.0. The van der Waals surface area contributed by atoms with Gasteiger partial charge in [-0.15, -0.1) is 11.3 Å². The summed E-state index contributed by atoms with van der Waals surface area (Å²) < 4.78 is 5.23. The molecule has 0 aliphatic rings. The van der Waals surface area contributed by atoms with E-state index in [0.717, 1.165) is 11.3 Å². The van der Waals surface area contributed by atoms with Gasteiger partial charge >= 0.3 is 5.97 Å². The Balaban J connectivity index is 2.45. The summed E-state index contributed by atoms with van der Waals surface area (Å²) in [5.74, 6) is 0.232. The van der Waals surface area contributed by atoms with Crippen LogP contribution in [0.4, 0.5) is 0 Å². The van der Waals surface area contributed by atoms with Crippen LogP contribution in [-0.4, -0.2) is 16.1 Å². The molecule has 0 radical (unpaired) electrons. The lowest BCUT2D eigenvalue weighted by atomic mass is 10.1. The predicted molar refractivity (Wildman–Crippen MR) is 70.1 cm³/mol. The first kappa shape index (κ1) is 12.8. The van der Waals surface area contributed by atoms with Gasteiger partial charge in [0.05, 0.1) is 17.5 Å². The van der Waals surface area contributed by atoms with E-state index in [4.69, 9.17) is 4.42 Å². The zero-order chi connectivity index (χ0) is 13.3. The average molecular weight is 265 g/mol. The van der Waals surface area contributed by atoms with E-state index in [0.29, 0.717) is 27.9 Å². The van der Waals surface area contributed by atoms with E-state index in [1.165, 1.54) is 11.3 Å². The molecule has 0 saturated heterocycles. The molecule has 0 unspecified atom stereocenters. The number of aromatic carboxylic acids is 1. The molecule has 0 aliphatic heterocycles. The lowest BCUT2D eigenvalue weighted by Gasteiger charge is -2.01. The minimum absolute atomic E-state index is 0.333. The third-order valence-electron chi connectivity index (χ3n) is 2.58. The number of aromatic nitrogens is 1. The van der Waals surface area contributed by atoms with E-state index in [1.807, 2.05) is 26.8 Å². The van der Waals surface area contributed by atoms with Crippen LogP contribution in [-0.2, 0) is 6.42 Å². The zero-order valence-electron chi connectivity index (χ0n) is 10.6. The minimum Gasteiger partial charge on any atom is -0.477 e. The molecule has 4 nitrogen and oxygen atoms in total. The number of hydrogen-bond acceptors (Lipinski definition) is 4. The van der Waals surface area contributed by atoms with Crippen molar-refractivity contribution in [2.45, 2.75) is 27.2 Å². The van der Waals surface area contributed by atoms with Crippen molar-refractivity contribution in [3.63, 3.8) is 0 Å². The van der Waals surface area contributed by atoms with Crippen LogP contribution in [0.25, 0.3) is 10.6 Å². The van der Waals surface area contributed by atoms with E-state index in [1.54, 1.807) is 6.26 Å². The fourth-order valence-electron chi connectivity index (χ4n) is 1.77. The van der Waals surface area contributed by atoms with Crippen LogP contribution in [0.5, 0.6) is 0 Å². The number of carbonyl (C=O) groups is 1. The molecule has 2 aromatic heterocycles. The summed E-state index contributed by atoms with van der Waals surface area (Å²) >= 11 is 1.21. The second-order valence-corrected chi connectivity index (χ2v) is 5.59. The Morgan fingerprint density at radius 2 is 2.28 bits per heavy atom. The average Bonchev–Trinajstić information content (AvgIpc) is 2.83. The number of hydrogen-bond donors (Lipinski definition) is 1. The largest absolute Gasteiger partial charge is 0.477 e. The molecule has 0 bridgehead atoms. The third kappa shape index (κ3) is 2.46. The van der Waals surface area contributed by atoms with Gasteiger partial charge < -0.3 is 9.52 Å². The number of thiazole rings is 1. The van der Waals surface area contributed by atoms with Crippen molar-refractivity contribution >= 4 is 17.3 Å². The van der Waals surface area contributed by atoms with Gasteiger partial charge in [-0.25, -0.2) is 9.78 Å². The Morgan fingerprint density at radius 1 is 1.56 bits per heavy atom. The number of carboxylic acid groups (broad SMARTS) is 1. The first-order valence-corrected chi connectivity index (χ1v) is 6.58. The molecular weight excluding hydrogens is 250 g/mol. The van der Waals surface area contributed by atoms with Gasteiger partial charge in [-0.1, -0.05) is 13.8 Å². The molecule has 0 aliphatic carbocycles. The van der Waals surface area contributed by atoms with Gasteiger partial charge in [0, 0.05) is 0 Å². The lowest BCUT2D eigenvalue weighted by molar-refractivity contribution is 0.0700. The maximum Gasteiger partial charge on any atom is 0.347 e. The summed E-state index contributed by atoms with van der Waals surface area (Å²) in [5.41, 5.74) is 1.54. The van der Waals surface area contributed by atoms with Crippen LogP contribution in [0.2, 0.25) is 0 Å². The zero-order valence-corrected chi connectivity index (χ0v) is 11.4. The molecule has 0 aromatic carbocycles. The van der Waals surface area contributed by atoms with Gasteiger partial charge in [-0.2, -0.15) is 0 Å². The molecule has 0 amide bonds. The van der Waals surface area contributed by atoms with Crippen LogP contribution in [0.3, 0.4) is 0 Å². The molecule has 0 fully saturated rings. The van der Waals surface area contributed by atoms with Gasteiger partial charge in [-0.05, 0) is 25.3 Å². The predicted octanol–water partition coefficient (Wildman–Crippen LogP) is 3.61. The Morgan fingerprint density at radius 3 is 2.78 bits per heavy atom. The molecule has 2 rings (SSSR count). The summed E-state index contributed by atoms with van der Waals surface area (Å²) in [6, 6.07) is 1.82. The Hall–Kier alpha value is -1.62. The lowest BCUT2D eigenvalue weighted by Crippen LogP contribution is -2.02. The van der Waals surface area contributed by atoms with E-state index in [2.05, 4.69) is 4.98 Å². The summed E-state index contributed by atoms with van der Waals surface area (Å²) in [6.07, 6.45) is 2.27. The maximum atomic E-state index is 11.2. The number of nitrogens with zero attached hydrogens (tertiary/aromatic N) is 1. The molecule has 18 heavy (non-hydrogen) atoms. The van der Waals surface area contributed by atoms with E-state index in [9.17, 15) is 9.90 Å². The van der Waals surface area contributed by atoms with Crippen molar-refractivity contribution in [2.75, 3.05) is 0 Å². The summed E-state index contributed by atoms with van der Waals surface area (Å²) in [5, 5.41) is 9.92. The third-order valence-corrected chi connectivity index (χ3v) is 3.70. The van der Waals surface area contributed by atoms with Crippen LogP contribution in [0, 0.1) is 12.8 Å². The number of carboxylic acids is 1. The molecule has 0 spiro atoms. The van der Waals surface area contributed by atoms with E-state index >= 15 is 0 Å². The summed E-state index contributed by atoms with van der Waals surface area (Å²) in [6.45, 7) is 5.95. The molecule has 0 saturated carbocycles. The van der Waals surface area contributed by atoms with Crippen molar-refractivity contribution in [3.8, 4) is 10.6 Å². The molecule has 2 aromatic rings. The molecule has 2 heterocycles. The van der Waals surface area contributed by atoms with Crippen molar-refractivity contribution in [2.24, 2.45) is 5.92 Å². The standard InChI is InChI=1S/C13H15NO3S/c1-7(2)6-10-11(13(15)16)18-12(14-10)9-4-5-17-8(9)3/h4-5,7H,6H2,1-3H3,(H,15,16). The maximum absolute atomic E-state index is 11.2. The number of rotatable bonds is 4. The monoisotopic (exact) mass is 265 g/mol. The van der Waals surface area contributed by atoms with E-state index < -0.39 is 5.97 Å². The van der Waals surface area contributed by atoms with Gasteiger partial charge in [-0.3, -0.25) is 0 Å². The fraction of sp³-hybridized carbons (Fsp3) is 0.385. The molecule has 1 N–H and O–H groups in total. The normalized spacial score (nSPS) is 11.1. The van der Waals surface area contributed by atoms with E-state index in [-0.39, 0.29) is 0 Å². The molecule has 5 heteroatoms. The second-order valence-electron chi connectivity index (χ2n) is 4.59. The van der Waals surface area contributed by atoms with Gasteiger partial charge in [0.1, 0.15) is 15.6 Å². The van der Waals surface area contributed by atoms with Crippen LogP contribution in [0.1, 0.15) is 35.0 Å². The highest BCUT2D eigenvalue weighted by atomic mass is 32.1. The molecule has 0 atom stereocenters. The summed E-state index contributed by atoms with van der Waals surface area (Å²) in [7, 11) is 0. The van der Waals surface area contributed by atoms with Crippen molar-refractivity contribution in [3.05, 3.63) is 28.7 Å². The highest BCUT2D eigenvalue weighted by Gasteiger charge is 2.20. The Labute approximate surface area is 109 Å². The number of aryl methyl sites for hydroxylation is 1. The minimum atomic E-state index is -0.907. The topological polar surface area (TPSA) is 63.3 Å². The molecule has 96 valence electrons. The SMILES string of the molecule is Cc1occc1-c1nc(CC(C)C)c(C(=O)O)s1. The Bertz CT molecular complexity index is 569. The van der Waals surface area contributed by atoms with Gasteiger partial charge in [0.25, 0.3) is 0 Å². The number of furan rings is 1. The van der Waals surface area contributed by atoms with Crippen molar-refractivity contribution in [1.29, 1.82) is 0 Å². The highest BCUT2D eigenvalue weighted by Crippen LogP contribution is 2.31. The van der Waals surface area contributed by atoms with Crippen LogP contribution in [0.15, 0.2) is 16.7 Å². The quantitative estimate of drug-likeness (QED) is 0.917. The first-order valence-electron chi connectivity index (χ1n) is 5.76. The fourth-order valence-corrected chi connectivity index (χ4v) is 2.77. The van der Waals surface area contributed by atoms with Gasteiger partial charge in [0.15, 0.2) is 0 Å². The van der Waals surface area contributed by atoms with Crippen molar-refractivity contribution < 1.29 is 14.3 Å². The smallest absolute Gasteiger partial charge is 0.347 e. The highest BCUT2D eigenvalue weighted by molar-refractivity contribution is 7.17. The van der Waals surface area contributed by atoms with Crippen molar-refractivity contribution in [1.82, 2.24) is 4.98 Å².